The molecule has 0 spiro atoms. The zero-order chi connectivity index (χ0) is 15.2. The number of aliphatic hydroxyl groups is 1. The first-order chi connectivity index (χ1) is 10.2. The zero-order valence-corrected chi connectivity index (χ0v) is 12.1. The standard InChI is InChI=1S/C15H20N4O2/c1-2-18(9-5-11-20)15(21)13-8-10-19(17-13)14-7-4-3-6-12(14)16/h3-4,6-8,10,20H,2,5,9,11,16H2,1H3. The Hall–Kier alpha value is -2.34. The lowest BCUT2D eigenvalue weighted by atomic mass is 10.3. The molecule has 0 aliphatic carbocycles. The highest BCUT2D eigenvalue weighted by atomic mass is 16.3. The van der Waals surface area contributed by atoms with Crippen LogP contribution in [0.15, 0.2) is 36.5 Å². The van der Waals surface area contributed by atoms with Crippen molar-refractivity contribution in [2.75, 3.05) is 25.4 Å². The van der Waals surface area contributed by atoms with Crippen molar-refractivity contribution in [1.82, 2.24) is 14.7 Å². The van der Waals surface area contributed by atoms with Crippen LogP contribution in [0.5, 0.6) is 0 Å². The second kappa shape index (κ2) is 6.90. The van der Waals surface area contributed by atoms with E-state index in [-0.39, 0.29) is 12.5 Å². The van der Waals surface area contributed by atoms with Crippen molar-refractivity contribution in [1.29, 1.82) is 0 Å². The molecule has 0 radical (unpaired) electrons. The van der Waals surface area contributed by atoms with Gasteiger partial charge in [-0.15, -0.1) is 0 Å². The Kier molecular flexibility index (Phi) is 4.94. The fourth-order valence-electron chi connectivity index (χ4n) is 2.10. The molecule has 1 aromatic heterocycles. The van der Waals surface area contributed by atoms with E-state index in [1.807, 2.05) is 25.1 Å². The smallest absolute Gasteiger partial charge is 0.274 e. The van der Waals surface area contributed by atoms with Gasteiger partial charge in [0, 0.05) is 25.9 Å². The lowest BCUT2D eigenvalue weighted by molar-refractivity contribution is 0.0748. The summed E-state index contributed by atoms with van der Waals surface area (Å²) in [6, 6.07) is 9.03. The van der Waals surface area contributed by atoms with Gasteiger partial charge >= 0.3 is 0 Å². The van der Waals surface area contributed by atoms with Crippen molar-refractivity contribution < 1.29 is 9.90 Å². The van der Waals surface area contributed by atoms with Gasteiger partial charge in [0.1, 0.15) is 0 Å². The molecule has 6 nitrogen and oxygen atoms in total. The molecule has 1 amide bonds. The van der Waals surface area contributed by atoms with E-state index in [0.717, 1.165) is 5.69 Å². The summed E-state index contributed by atoms with van der Waals surface area (Å²) in [5.41, 5.74) is 7.63. The number of para-hydroxylation sites is 2. The maximum atomic E-state index is 12.3. The van der Waals surface area contributed by atoms with Crippen molar-refractivity contribution in [2.24, 2.45) is 0 Å². The Labute approximate surface area is 123 Å². The van der Waals surface area contributed by atoms with Crippen LogP contribution in [0.4, 0.5) is 5.69 Å². The number of hydrogen-bond donors (Lipinski definition) is 2. The van der Waals surface area contributed by atoms with Crippen molar-refractivity contribution in [3.05, 3.63) is 42.2 Å². The molecule has 2 aromatic rings. The second-order valence-electron chi connectivity index (χ2n) is 4.67. The number of rotatable bonds is 6. The van der Waals surface area contributed by atoms with E-state index in [1.165, 1.54) is 0 Å². The van der Waals surface area contributed by atoms with Gasteiger partial charge in [0.25, 0.3) is 5.91 Å². The first kappa shape index (κ1) is 15.1. The molecule has 0 aliphatic heterocycles. The fraction of sp³-hybridized carbons (Fsp3) is 0.333. The maximum Gasteiger partial charge on any atom is 0.274 e. The SMILES string of the molecule is CCN(CCCO)C(=O)c1ccn(-c2ccccc2N)n1. The van der Waals surface area contributed by atoms with Crippen LogP contribution >= 0.6 is 0 Å². The van der Waals surface area contributed by atoms with Crippen molar-refractivity contribution in [2.45, 2.75) is 13.3 Å². The fourth-order valence-corrected chi connectivity index (χ4v) is 2.10. The van der Waals surface area contributed by atoms with Gasteiger partial charge in [0.15, 0.2) is 5.69 Å². The highest BCUT2D eigenvalue weighted by Crippen LogP contribution is 2.16. The van der Waals surface area contributed by atoms with E-state index >= 15 is 0 Å². The van der Waals surface area contributed by atoms with Crippen LogP contribution in [-0.2, 0) is 0 Å². The molecule has 0 aliphatic rings. The van der Waals surface area contributed by atoms with Gasteiger partial charge in [-0.25, -0.2) is 4.68 Å². The molecule has 112 valence electrons. The molecule has 3 N–H and O–H groups in total. The number of nitrogens with zero attached hydrogens (tertiary/aromatic N) is 3. The average molecular weight is 288 g/mol. The summed E-state index contributed by atoms with van der Waals surface area (Å²) in [6.45, 7) is 3.07. The molecule has 6 heteroatoms. The first-order valence-corrected chi connectivity index (χ1v) is 6.98. The molecular weight excluding hydrogens is 268 g/mol. The molecule has 0 bridgehead atoms. The molecule has 21 heavy (non-hydrogen) atoms. The summed E-state index contributed by atoms with van der Waals surface area (Å²) in [4.78, 5) is 14.0. The van der Waals surface area contributed by atoms with E-state index in [9.17, 15) is 4.79 Å². The number of anilines is 1. The van der Waals surface area contributed by atoms with Crippen LogP contribution in [0.3, 0.4) is 0 Å². The van der Waals surface area contributed by atoms with Crippen LogP contribution in [0.1, 0.15) is 23.8 Å². The minimum Gasteiger partial charge on any atom is -0.397 e. The zero-order valence-electron chi connectivity index (χ0n) is 12.1. The number of benzene rings is 1. The van der Waals surface area contributed by atoms with Crippen molar-refractivity contribution in [3.63, 3.8) is 0 Å². The quantitative estimate of drug-likeness (QED) is 0.785. The molecule has 0 saturated heterocycles. The Balaban J connectivity index is 2.19. The number of nitrogen functional groups attached to an aromatic ring is 1. The summed E-state index contributed by atoms with van der Waals surface area (Å²) in [5, 5.41) is 13.2. The van der Waals surface area contributed by atoms with Crippen molar-refractivity contribution in [3.8, 4) is 5.69 Å². The molecule has 0 saturated carbocycles. The Morgan fingerprint density at radius 2 is 2.14 bits per heavy atom. The van der Waals surface area contributed by atoms with Crippen molar-refractivity contribution >= 4 is 11.6 Å². The largest absolute Gasteiger partial charge is 0.397 e. The van der Waals surface area contributed by atoms with E-state index in [2.05, 4.69) is 5.10 Å². The second-order valence-corrected chi connectivity index (χ2v) is 4.67. The Morgan fingerprint density at radius 1 is 1.38 bits per heavy atom. The average Bonchev–Trinajstić information content (AvgIpc) is 2.98. The molecule has 0 unspecified atom stereocenters. The normalized spacial score (nSPS) is 10.6. The van der Waals surface area contributed by atoms with Gasteiger partial charge in [-0.2, -0.15) is 5.10 Å². The van der Waals surface area contributed by atoms with E-state index < -0.39 is 0 Å². The third-order valence-corrected chi connectivity index (χ3v) is 3.25. The number of aromatic nitrogens is 2. The molecular formula is C15H20N4O2. The number of hydrogen-bond acceptors (Lipinski definition) is 4. The Morgan fingerprint density at radius 3 is 2.81 bits per heavy atom. The van der Waals surface area contributed by atoms with E-state index in [0.29, 0.717) is 30.9 Å². The maximum absolute atomic E-state index is 12.3. The van der Waals surface area contributed by atoms with E-state index in [4.69, 9.17) is 10.8 Å². The van der Waals surface area contributed by atoms with E-state index in [1.54, 1.807) is 27.9 Å². The minimum atomic E-state index is -0.140. The number of amides is 1. The molecule has 1 aromatic carbocycles. The van der Waals surface area contributed by atoms with Crippen LogP contribution in [-0.4, -0.2) is 45.4 Å². The van der Waals surface area contributed by atoms with Crippen LogP contribution in [0.2, 0.25) is 0 Å². The molecule has 1 heterocycles. The summed E-state index contributed by atoms with van der Waals surface area (Å²) < 4.78 is 1.60. The van der Waals surface area contributed by atoms with Gasteiger partial charge in [-0.1, -0.05) is 12.1 Å². The van der Waals surface area contributed by atoms with Gasteiger partial charge in [-0.05, 0) is 31.5 Å². The predicted molar refractivity (Wildman–Crippen MR) is 81.3 cm³/mol. The number of aliphatic hydroxyl groups excluding tert-OH is 1. The lowest BCUT2D eigenvalue weighted by Gasteiger charge is -2.19. The first-order valence-electron chi connectivity index (χ1n) is 6.98. The highest BCUT2D eigenvalue weighted by molar-refractivity contribution is 5.92. The predicted octanol–water partition coefficient (Wildman–Crippen LogP) is 1.30. The van der Waals surface area contributed by atoms with Gasteiger partial charge in [0.05, 0.1) is 11.4 Å². The van der Waals surface area contributed by atoms with Crippen LogP contribution in [0, 0.1) is 0 Å². The summed E-state index contributed by atoms with van der Waals surface area (Å²) in [6.07, 6.45) is 2.28. The summed E-state index contributed by atoms with van der Waals surface area (Å²) in [5.74, 6) is -0.140. The van der Waals surface area contributed by atoms with Crippen LogP contribution < -0.4 is 5.73 Å². The monoisotopic (exact) mass is 288 g/mol. The molecule has 0 fully saturated rings. The molecule has 2 rings (SSSR count). The Bertz CT molecular complexity index is 609. The number of nitrogens with two attached hydrogens (primary N) is 1. The summed E-state index contributed by atoms with van der Waals surface area (Å²) in [7, 11) is 0. The summed E-state index contributed by atoms with van der Waals surface area (Å²) >= 11 is 0. The third-order valence-electron chi connectivity index (χ3n) is 3.25. The topological polar surface area (TPSA) is 84.4 Å². The van der Waals surface area contributed by atoms with Gasteiger partial charge in [0.2, 0.25) is 0 Å². The minimum absolute atomic E-state index is 0.0682. The highest BCUT2D eigenvalue weighted by Gasteiger charge is 2.17. The molecule has 0 atom stereocenters. The third kappa shape index (κ3) is 3.41. The van der Waals surface area contributed by atoms with Gasteiger partial charge < -0.3 is 15.7 Å². The van der Waals surface area contributed by atoms with Gasteiger partial charge in [-0.3, -0.25) is 4.79 Å². The van der Waals surface area contributed by atoms with Crippen LogP contribution in [0.25, 0.3) is 5.69 Å². The number of carbonyl (C=O) groups is 1. The lowest BCUT2D eigenvalue weighted by Crippen LogP contribution is -2.32. The number of carbonyl (C=O) groups excluding carboxylic acids is 1.